The van der Waals surface area contributed by atoms with Gasteiger partial charge in [-0.05, 0) is 43.0 Å². The SMILES string of the molecule is O=C(O)Nc1ccc(C2CCCNC2)cc1. The second kappa shape index (κ2) is 4.99. The van der Waals surface area contributed by atoms with Gasteiger partial charge in [0.05, 0.1) is 0 Å². The molecule has 0 saturated carbocycles. The number of anilines is 1. The van der Waals surface area contributed by atoms with Crippen molar-refractivity contribution in [3.8, 4) is 0 Å². The van der Waals surface area contributed by atoms with Gasteiger partial charge in [0.2, 0.25) is 0 Å². The average Bonchev–Trinajstić information content (AvgIpc) is 2.30. The number of amides is 1. The Bertz CT molecular complexity index is 356. The van der Waals surface area contributed by atoms with Gasteiger partial charge in [-0.1, -0.05) is 12.1 Å². The van der Waals surface area contributed by atoms with E-state index in [2.05, 4.69) is 10.6 Å². The van der Waals surface area contributed by atoms with Crippen LogP contribution in [-0.2, 0) is 0 Å². The van der Waals surface area contributed by atoms with E-state index in [0.717, 1.165) is 13.1 Å². The fraction of sp³-hybridized carbons (Fsp3) is 0.417. The number of carboxylic acid groups (broad SMARTS) is 1. The van der Waals surface area contributed by atoms with E-state index in [4.69, 9.17) is 5.11 Å². The highest BCUT2D eigenvalue weighted by molar-refractivity contribution is 5.82. The Balaban J connectivity index is 2.03. The van der Waals surface area contributed by atoms with Gasteiger partial charge in [-0.15, -0.1) is 0 Å². The Labute approximate surface area is 94.7 Å². The predicted molar refractivity (Wildman–Crippen MR) is 62.9 cm³/mol. The van der Waals surface area contributed by atoms with Crippen LogP contribution in [0.5, 0.6) is 0 Å². The molecule has 1 aliphatic heterocycles. The molecule has 1 aliphatic rings. The minimum Gasteiger partial charge on any atom is -0.465 e. The van der Waals surface area contributed by atoms with Crippen molar-refractivity contribution in [1.82, 2.24) is 5.32 Å². The van der Waals surface area contributed by atoms with Crippen molar-refractivity contribution in [1.29, 1.82) is 0 Å². The second-order valence-corrected chi connectivity index (χ2v) is 4.10. The number of carbonyl (C=O) groups is 1. The predicted octanol–water partition coefficient (Wildman–Crippen LogP) is 2.24. The van der Waals surface area contributed by atoms with Crippen LogP contribution < -0.4 is 10.6 Å². The van der Waals surface area contributed by atoms with E-state index in [1.54, 1.807) is 0 Å². The number of rotatable bonds is 2. The summed E-state index contributed by atoms with van der Waals surface area (Å²) < 4.78 is 0. The summed E-state index contributed by atoms with van der Waals surface area (Å²) in [6, 6.07) is 7.64. The lowest BCUT2D eigenvalue weighted by Crippen LogP contribution is -2.28. The van der Waals surface area contributed by atoms with Crippen molar-refractivity contribution in [2.75, 3.05) is 18.4 Å². The van der Waals surface area contributed by atoms with Crippen LogP contribution in [0.25, 0.3) is 0 Å². The molecule has 1 amide bonds. The van der Waals surface area contributed by atoms with E-state index in [9.17, 15) is 4.79 Å². The molecule has 1 aromatic carbocycles. The fourth-order valence-electron chi connectivity index (χ4n) is 2.10. The molecule has 1 atom stereocenters. The van der Waals surface area contributed by atoms with Gasteiger partial charge in [-0.25, -0.2) is 4.79 Å². The summed E-state index contributed by atoms with van der Waals surface area (Å²) in [5, 5.41) is 14.3. The Kier molecular flexibility index (Phi) is 3.41. The highest BCUT2D eigenvalue weighted by Crippen LogP contribution is 2.24. The van der Waals surface area contributed by atoms with E-state index in [1.165, 1.54) is 18.4 Å². The molecule has 0 radical (unpaired) electrons. The molecule has 4 heteroatoms. The van der Waals surface area contributed by atoms with Crippen LogP contribution in [-0.4, -0.2) is 24.3 Å². The first-order valence-electron chi connectivity index (χ1n) is 5.56. The molecule has 1 unspecified atom stereocenters. The van der Waals surface area contributed by atoms with Gasteiger partial charge in [0.15, 0.2) is 0 Å². The maximum absolute atomic E-state index is 10.4. The second-order valence-electron chi connectivity index (χ2n) is 4.10. The number of piperidine rings is 1. The van der Waals surface area contributed by atoms with Gasteiger partial charge in [0.1, 0.15) is 0 Å². The molecule has 4 nitrogen and oxygen atoms in total. The van der Waals surface area contributed by atoms with Gasteiger partial charge < -0.3 is 10.4 Å². The summed E-state index contributed by atoms with van der Waals surface area (Å²) in [4.78, 5) is 10.4. The molecule has 0 aromatic heterocycles. The number of hydrogen-bond acceptors (Lipinski definition) is 2. The molecule has 1 heterocycles. The molecule has 1 aromatic rings. The van der Waals surface area contributed by atoms with Crippen LogP contribution in [0.1, 0.15) is 24.3 Å². The topological polar surface area (TPSA) is 61.4 Å². The minimum atomic E-state index is -1.02. The van der Waals surface area contributed by atoms with Crippen molar-refractivity contribution in [3.05, 3.63) is 29.8 Å². The van der Waals surface area contributed by atoms with Crippen molar-refractivity contribution >= 4 is 11.8 Å². The minimum absolute atomic E-state index is 0.563. The summed E-state index contributed by atoms with van der Waals surface area (Å²) in [5.41, 5.74) is 1.91. The van der Waals surface area contributed by atoms with E-state index in [1.807, 2.05) is 24.3 Å². The standard InChI is InChI=1S/C12H16N2O2/c15-12(16)14-11-5-3-9(4-6-11)10-2-1-7-13-8-10/h3-6,10,13-14H,1-2,7-8H2,(H,15,16). The van der Waals surface area contributed by atoms with Gasteiger partial charge in [0, 0.05) is 12.2 Å². The Morgan fingerprint density at radius 1 is 1.38 bits per heavy atom. The van der Waals surface area contributed by atoms with Crippen molar-refractivity contribution in [2.45, 2.75) is 18.8 Å². The lowest BCUT2D eigenvalue weighted by molar-refractivity contribution is 0.210. The van der Waals surface area contributed by atoms with Crippen molar-refractivity contribution < 1.29 is 9.90 Å². The molecule has 2 rings (SSSR count). The van der Waals surface area contributed by atoms with Crippen LogP contribution in [0.15, 0.2) is 24.3 Å². The first-order valence-corrected chi connectivity index (χ1v) is 5.56. The third-order valence-electron chi connectivity index (χ3n) is 2.93. The summed E-state index contributed by atoms with van der Waals surface area (Å²) >= 11 is 0. The van der Waals surface area contributed by atoms with Gasteiger partial charge in [-0.2, -0.15) is 0 Å². The maximum Gasteiger partial charge on any atom is 0.409 e. The third-order valence-corrected chi connectivity index (χ3v) is 2.93. The van der Waals surface area contributed by atoms with Gasteiger partial charge in [0.25, 0.3) is 0 Å². The first-order chi connectivity index (χ1) is 7.75. The van der Waals surface area contributed by atoms with E-state index >= 15 is 0 Å². The van der Waals surface area contributed by atoms with Crippen LogP contribution in [0, 0.1) is 0 Å². The quantitative estimate of drug-likeness (QED) is 0.716. The molecule has 16 heavy (non-hydrogen) atoms. The zero-order chi connectivity index (χ0) is 11.4. The van der Waals surface area contributed by atoms with E-state index < -0.39 is 6.09 Å². The number of hydrogen-bond donors (Lipinski definition) is 3. The first kappa shape index (κ1) is 11.0. The molecule has 0 spiro atoms. The molecule has 1 saturated heterocycles. The molecule has 3 N–H and O–H groups in total. The number of benzene rings is 1. The summed E-state index contributed by atoms with van der Waals surface area (Å²) in [5.74, 6) is 0.563. The highest BCUT2D eigenvalue weighted by Gasteiger charge is 2.14. The zero-order valence-electron chi connectivity index (χ0n) is 9.07. The third kappa shape index (κ3) is 2.73. The largest absolute Gasteiger partial charge is 0.465 e. The van der Waals surface area contributed by atoms with Crippen LogP contribution in [0.3, 0.4) is 0 Å². The molecule has 86 valence electrons. The maximum atomic E-state index is 10.4. The van der Waals surface area contributed by atoms with Crippen LogP contribution in [0.2, 0.25) is 0 Å². The Morgan fingerprint density at radius 3 is 2.69 bits per heavy atom. The molecular formula is C12H16N2O2. The van der Waals surface area contributed by atoms with Crippen molar-refractivity contribution in [2.24, 2.45) is 0 Å². The summed E-state index contributed by atoms with van der Waals surface area (Å²) in [6.07, 6.45) is 1.39. The van der Waals surface area contributed by atoms with Crippen molar-refractivity contribution in [3.63, 3.8) is 0 Å². The monoisotopic (exact) mass is 220 g/mol. The molecule has 1 fully saturated rings. The summed E-state index contributed by atoms with van der Waals surface area (Å²) in [7, 11) is 0. The van der Waals surface area contributed by atoms with E-state index in [-0.39, 0.29) is 0 Å². The lowest BCUT2D eigenvalue weighted by atomic mass is 9.92. The summed E-state index contributed by atoms with van der Waals surface area (Å²) in [6.45, 7) is 2.13. The van der Waals surface area contributed by atoms with E-state index in [0.29, 0.717) is 11.6 Å². The van der Waals surface area contributed by atoms with Gasteiger partial charge in [-0.3, -0.25) is 5.32 Å². The normalized spacial score (nSPS) is 20.4. The number of nitrogens with one attached hydrogen (secondary N) is 2. The molecule has 0 bridgehead atoms. The van der Waals surface area contributed by atoms with Gasteiger partial charge >= 0.3 is 6.09 Å². The molecular weight excluding hydrogens is 204 g/mol. The smallest absolute Gasteiger partial charge is 0.409 e. The Hall–Kier alpha value is -1.55. The zero-order valence-corrected chi connectivity index (χ0v) is 9.07. The molecule has 0 aliphatic carbocycles. The highest BCUT2D eigenvalue weighted by atomic mass is 16.4. The fourth-order valence-corrected chi connectivity index (χ4v) is 2.10. The van der Waals surface area contributed by atoms with Crippen LogP contribution >= 0.6 is 0 Å². The lowest BCUT2D eigenvalue weighted by Gasteiger charge is -2.23. The average molecular weight is 220 g/mol. The Morgan fingerprint density at radius 2 is 2.12 bits per heavy atom. The van der Waals surface area contributed by atoms with Crippen LogP contribution in [0.4, 0.5) is 10.5 Å².